The number of likely N-dealkylation sites (tertiary alicyclic amines) is 1. The van der Waals surface area contributed by atoms with E-state index in [1.165, 1.54) is 0 Å². The Morgan fingerprint density at radius 3 is 2.83 bits per heavy atom. The first-order chi connectivity index (χ1) is 11.6. The van der Waals surface area contributed by atoms with E-state index < -0.39 is 0 Å². The summed E-state index contributed by atoms with van der Waals surface area (Å²) < 4.78 is 10.6. The van der Waals surface area contributed by atoms with Crippen LogP contribution in [0.1, 0.15) is 54.2 Å². The van der Waals surface area contributed by atoms with Crippen LogP contribution in [0.4, 0.5) is 0 Å². The Hall–Kier alpha value is -2.15. The average Bonchev–Trinajstić information content (AvgIpc) is 3.19. The van der Waals surface area contributed by atoms with Crippen molar-refractivity contribution in [1.82, 2.24) is 20.4 Å². The fraction of sp³-hybridized carbons (Fsp3) is 0.588. The quantitative estimate of drug-likeness (QED) is 0.874. The number of nitrogens with zero attached hydrogens (tertiary/aromatic N) is 3. The maximum Gasteiger partial charge on any atom is 0.287 e. The minimum absolute atomic E-state index is 0.136. The Morgan fingerprint density at radius 1 is 1.38 bits per heavy atom. The van der Waals surface area contributed by atoms with Gasteiger partial charge in [0.15, 0.2) is 11.6 Å². The van der Waals surface area contributed by atoms with Gasteiger partial charge < -0.3 is 14.3 Å². The first kappa shape index (κ1) is 16.7. The van der Waals surface area contributed by atoms with Crippen molar-refractivity contribution >= 4 is 5.91 Å². The Morgan fingerprint density at radius 2 is 2.17 bits per heavy atom. The molecule has 1 aliphatic rings. The molecule has 0 unspecified atom stereocenters. The van der Waals surface area contributed by atoms with E-state index in [9.17, 15) is 4.79 Å². The van der Waals surface area contributed by atoms with Gasteiger partial charge in [-0.3, -0.25) is 9.69 Å². The van der Waals surface area contributed by atoms with E-state index in [2.05, 4.69) is 27.3 Å². The number of nitrogens with one attached hydrogen (secondary N) is 1. The van der Waals surface area contributed by atoms with Gasteiger partial charge in [-0.15, -0.1) is 0 Å². The first-order valence-electron chi connectivity index (χ1n) is 8.55. The molecule has 7 heteroatoms. The van der Waals surface area contributed by atoms with Gasteiger partial charge in [-0.1, -0.05) is 12.1 Å². The van der Waals surface area contributed by atoms with Crippen molar-refractivity contribution in [3.63, 3.8) is 0 Å². The number of amides is 1. The second kappa shape index (κ2) is 7.61. The van der Waals surface area contributed by atoms with Crippen LogP contribution in [0.3, 0.4) is 0 Å². The molecule has 7 nitrogen and oxygen atoms in total. The number of furan rings is 1. The van der Waals surface area contributed by atoms with Gasteiger partial charge in [-0.25, -0.2) is 0 Å². The number of carbonyl (C=O) groups excluding carboxylic acids is 1. The van der Waals surface area contributed by atoms with E-state index in [1.807, 2.05) is 6.92 Å². The lowest BCUT2D eigenvalue weighted by Gasteiger charge is -2.31. The van der Waals surface area contributed by atoms with Gasteiger partial charge in [0.1, 0.15) is 5.76 Å². The van der Waals surface area contributed by atoms with E-state index in [0.29, 0.717) is 18.2 Å². The molecule has 0 saturated carbocycles. The van der Waals surface area contributed by atoms with Crippen molar-refractivity contribution in [1.29, 1.82) is 0 Å². The molecule has 24 heavy (non-hydrogen) atoms. The van der Waals surface area contributed by atoms with Gasteiger partial charge in [-0.2, -0.15) is 4.98 Å². The molecule has 130 valence electrons. The average molecular weight is 332 g/mol. The SMILES string of the molecule is CCCc1noc(CN2CCC(NC(=O)c3ccc(C)o3)CC2)n1. The molecular weight excluding hydrogens is 308 g/mol. The molecule has 1 amide bonds. The van der Waals surface area contributed by atoms with E-state index >= 15 is 0 Å². The van der Waals surface area contributed by atoms with Gasteiger partial charge in [0.25, 0.3) is 5.91 Å². The summed E-state index contributed by atoms with van der Waals surface area (Å²) in [5.41, 5.74) is 0. The van der Waals surface area contributed by atoms with Crippen LogP contribution >= 0.6 is 0 Å². The van der Waals surface area contributed by atoms with Crippen molar-refractivity contribution in [3.8, 4) is 0 Å². The summed E-state index contributed by atoms with van der Waals surface area (Å²) in [4.78, 5) is 18.8. The minimum Gasteiger partial charge on any atom is -0.456 e. The van der Waals surface area contributed by atoms with Crippen molar-refractivity contribution in [2.24, 2.45) is 0 Å². The number of piperidine rings is 1. The maximum absolute atomic E-state index is 12.1. The topological polar surface area (TPSA) is 84.4 Å². The molecule has 0 aliphatic carbocycles. The Kier molecular flexibility index (Phi) is 5.30. The molecule has 3 rings (SSSR count). The summed E-state index contributed by atoms with van der Waals surface area (Å²) in [6.07, 6.45) is 3.67. The summed E-state index contributed by atoms with van der Waals surface area (Å²) in [6, 6.07) is 3.69. The molecule has 1 N–H and O–H groups in total. The summed E-state index contributed by atoms with van der Waals surface area (Å²) in [7, 11) is 0. The van der Waals surface area contributed by atoms with Crippen LogP contribution < -0.4 is 5.32 Å². The minimum atomic E-state index is -0.136. The van der Waals surface area contributed by atoms with Crippen LogP contribution in [-0.4, -0.2) is 40.1 Å². The first-order valence-corrected chi connectivity index (χ1v) is 8.55. The zero-order valence-electron chi connectivity index (χ0n) is 14.2. The van der Waals surface area contributed by atoms with Crippen molar-refractivity contribution in [2.75, 3.05) is 13.1 Å². The Labute approximate surface area is 141 Å². The molecule has 0 radical (unpaired) electrons. The van der Waals surface area contributed by atoms with E-state index in [-0.39, 0.29) is 11.9 Å². The highest BCUT2D eigenvalue weighted by atomic mass is 16.5. The highest BCUT2D eigenvalue weighted by Crippen LogP contribution is 2.15. The monoisotopic (exact) mass is 332 g/mol. The largest absolute Gasteiger partial charge is 0.456 e. The summed E-state index contributed by atoms with van der Waals surface area (Å²) >= 11 is 0. The normalized spacial score (nSPS) is 16.4. The third kappa shape index (κ3) is 4.23. The van der Waals surface area contributed by atoms with Gasteiger partial charge in [0.05, 0.1) is 6.54 Å². The third-order valence-corrected chi connectivity index (χ3v) is 4.23. The molecule has 1 fully saturated rings. The molecule has 0 aromatic carbocycles. The third-order valence-electron chi connectivity index (χ3n) is 4.23. The number of hydrogen-bond acceptors (Lipinski definition) is 6. The highest BCUT2D eigenvalue weighted by molar-refractivity contribution is 5.91. The smallest absolute Gasteiger partial charge is 0.287 e. The van der Waals surface area contributed by atoms with E-state index in [1.54, 1.807) is 12.1 Å². The van der Waals surface area contributed by atoms with Crippen LogP contribution in [-0.2, 0) is 13.0 Å². The molecule has 2 aromatic heterocycles. The fourth-order valence-electron chi connectivity index (χ4n) is 2.92. The van der Waals surface area contributed by atoms with Crippen molar-refractivity contribution in [3.05, 3.63) is 35.4 Å². The number of carbonyl (C=O) groups is 1. The van der Waals surface area contributed by atoms with Crippen molar-refractivity contribution in [2.45, 2.75) is 52.1 Å². The summed E-state index contributed by atoms with van der Waals surface area (Å²) in [6.45, 7) is 6.40. The molecule has 1 aliphatic heterocycles. The fourth-order valence-corrected chi connectivity index (χ4v) is 2.92. The van der Waals surface area contributed by atoms with Crippen LogP contribution in [0.15, 0.2) is 21.1 Å². The Balaban J connectivity index is 1.44. The summed E-state index contributed by atoms with van der Waals surface area (Å²) in [5, 5.41) is 7.02. The predicted molar refractivity (Wildman–Crippen MR) is 87.5 cm³/mol. The van der Waals surface area contributed by atoms with Gasteiger partial charge in [-0.05, 0) is 38.3 Å². The molecule has 0 bridgehead atoms. The van der Waals surface area contributed by atoms with Gasteiger partial charge >= 0.3 is 0 Å². The molecule has 0 atom stereocenters. The Bertz CT molecular complexity index is 671. The van der Waals surface area contributed by atoms with Gasteiger partial charge in [0.2, 0.25) is 5.89 Å². The lowest BCUT2D eigenvalue weighted by atomic mass is 10.0. The molecular formula is C17H24N4O3. The highest BCUT2D eigenvalue weighted by Gasteiger charge is 2.23. The molecule has 1 saturated heterocycles. The second-order valence-corrected chi connectivity index (χ2v) is 6.29. The zero-order valence-corrected chi connectivity index (χ0v) is 14.2. The molecule has 0 spiro atoms. The van der Waals surface area contributed by atoms with Crippen LogP contribution in [0, 0.1) is 6.92 Å². The number of aromatic nitrogens is 2. The summed E-state index contributed by atoms with van der Waals surface area (Å²) in [5.74, 6) is 2.44. The predicted octanol–water partition coefficient (Wildman–Crippen LogP) is 2.32. The van der Waals surface area contributed by atoms with Crippen LogP contribution in [0.2, 0.25) is 0 Å². The van der Waals surface area contributed by atoms with Crippen LogP contribution in [0.25, 0.3) is 0 Å². The van der Waals surface area contributed by atoms with E-state index in [0.717, 1.165) is 50.4 Å². The lowest BCUT2D eigenvalue weighted by Crippen LogP contribution is -2.44. The number of aryl methyl sites for hydroxylation is 2. The zero-order chi connectivity index (χ0) is 16.9. The van der Waals surface area contributed by atoms with E-state index in [4.69, 9.17) is 8.94 Å². The van der Waals surface area contributed by atoms with Gasteiger partial charge in [0, 0.05) is 25.6 Å². The maximum atomic E-state index is 12.1. The lowest BCUT2D eigenvalue weighted by molar-refractivity contribution is 0.0875. The number of hydrogen-bond donors (Lipinski definition) is 1. The molecule has 2 aromatic rings. The molecule has 3 heterocycles. The van der Waals surface area contributed by atoms with Crippen LogP contribution in [0.5, 0.6) is 0 Å². The number of rotatable bonds is 6. The second-order valence-electron chi connectivity index (χ2n) is 6.29. The standard InChI is InChI=1S/C17H24N4O3/c1-3-4-15-19-16(24-20-15)11-21-9-7-13(8-10-21)18-17(22)14-6-5-12(2)23-14/h5-6,13H,3-4,7-11H2,1-2H3,(H,18,22). The van der Waals surface area contributed by atoms with Crippen molar-refractivity contribution < 1.29 is 13.7 Å².